The number of ether oxygens (including phenoxy) is 1. The zero-order valence-electron chi connectivity index (χ0n) is 17.8. The SMILES string of the molecule is CN1C(=O)c2ccc(C(=O)OCC(=O)/C=C3/N(C)c4ccccc4C3(C)C)cc2C1=O. The fraction of sp³-hybridized carbons (Fsp3) is 0.250. The zero-order valence-corrected chi connectivity index (χ0v) is 17.8. The lowest BCUT2D eigenvalue weighted by atomic mass is 9.83. The van der Waals surface area contributed by atoms with Crippen molar-refractivity contribution in [2.24, 2.45) is 0 Å². The summed E-state index contributed by atoms with van der Waals surface area (Å²) in [5.74, 6) is -1.96. The van der Waals surface area contributed by atoms with Crippen LogP contribution in [0.2, 0.25) is 0 Å². The van der Waals surface area contributed by atoms with Crippen molar-refractivity contribution in [3.8, 4) is 0 Å². The Morgan fingerprint density at radius 3 is 2.35 bits per heavy atom. The summed E-state index contributed by atoms with van der Waals surface area (Å²) < 4.78 is 5.17. The number of ketones is 1. The van der Waals surface area contributed by atoms with Crippen LogP contribution in [0.4, 0.5) is 5.69 Å². The molecule has 4 rings (SSSR count). The maximum absolute atomic E-state index is 12.6. The van der Waals surface area contributed by atoms with E-state index in [1.165, 1.54) is 31.3 Å². The third-order valence-electron chi connectivity index (χ3n) is 5.91. The van der Waals surface area contributed by atoms with Crippen LogP contribution in [0, 0.1) is 0 Å². The Hall–Kier alpha value is -3.74. The minimum atomic E-state index is -0.730. The van der Waals surface area contributed by atoms with E-state index in [1.54, 1.807) is 0 Å². The average Bonchev–Trinajstić information content (AvgIpc) is 3.09. The van der Waals surface area contributed by atoms with Gasteiger partial charge < -0.3 is 9.64 Å². The first-order valence-electron chi connectivity index (χ1n) is 9.84. The topological polar surface area (TPSA) is 84.0 Å². The van der Waals surface area contributed by atoms with E-state index in [9.17, 15) is 19.2 Å². The van der Waals surface area contributed by atoms with Crippen LogP contribution in [0.1, 0.15) is 50.5 Å². The normalized spacial score (nSPS) is 17.7. The summed E-state index contributed by atoms with van der Waals surface area (Å²) in [6.07, 6.45) is 1.51. The number of allylic oxidation sites excluding steroid dienone is 1. The van der Waals surface area contributed by atoms with Gasteiger partial charge >= 0.3 is 5.97 Å². The van der Waals surface area contributed by atoms with Crippen LogP contribution in [-0.2, 0) is 14.9 Å². The van der Waals surface area contributed by atoms with Crippen molar-refractivity contribution in [3.05, 3.63) is 76.5 Å². The third kappa shape index (κ3) is 3.22. The molecule has 0 aromatic heterocycles. The van der Waals surface area contributed by atoms with Crippen molar-refractivity contribution in [3.63, 3.8) is 0 Å². The second-order valence-corrected chi connectivity index (χ2v) is 8.20. The molecule has 0 N–H and O–H groups in total. The number of rotatable bonds is 4. The number of anilines is 1. The summed E-state index contributed by atoms with van der Waals surface area (Å²) in [7, 11) is 3.28. The van der Waals surface area contributed by atoms with Crippen LogP contribution < -0.4 is 4.90 Å². The van der Waals surface area contributed by atoms with E-state index in [4.69, 9.17) is 4.74 Å². The number of carbonyl (C=O) groups excluding carboxylic acids is 4. The van der Waals surface area contributed by atoms with Crippen molar-refractivity contribution in [2.45, 2.75) is 19.3 Å². The minimum Gasteiger partial charge on any atom is -0.454 e. The Bertz CT molecular complexity index is 1180. The van der Waals surface area contributed by atoms with Gasteiger partial charge in [0.05, 0.1) is 16.7 Å². The lowest BCUT2D eigenvalue weighted by Gasteiger charge is -2.23. The van der Waals surface area contributed by atoms with Gasteiger partial charge in [-0.2, -0.15) is 0 Å². The number of esters is 1. The van der Waals surface area contributed by atoms with Crippen molar-refractivity contribution in [1.29, 1.82) is 0 Å². The van der Waals surface area contributed by atoms with Crippen LogP contribution in [-0.4, -0.2) is 49.2 Å². The van der Waals surface area contributed by atoms with Crippen LogP contribution in [0.15, 0.2) is 54.2 Å². The Balaban J connectivity index is 1.47. The standard InChI is InChI=1S/C24H22N2O5/c1-24(2)18-7-5-6-8-19(18)25(3)20(24)12-15(27)13-31-23(30)14-9-10-16-17(11-14)22(29)26(4)21(16)28/h5-12H,13H2,1-4H3/b20-12+. The lowest BCUT2D eigenvalue weighted by Crippen LogP contribution is -2.25. The third-order valence-corrected chi connectivity index (χ3v) is 5.91. The van der Waals surface area contributed by atoms with Gasteiger partial charge in [0.15, 0.2) is 12.4 Å². The maximum Gasteiger partial charge on any atom is 0.338 e. The van der Waals surface area contributed by atoms with Crippen LogP contribution in [0.3, 0.4) is 0 Å². The summed E-state index contributed by atoms with van der Waals surface area (Å²) in [5.41, 5.74) is 3.13. The molecule has 0 bridgehead atoms. The number of benzene rings is 2. The molecular weight excluding hydrogens is 396 g/mol. The molecule has 2 aromatic carbocycles. The predicted octanol–water partition coefficient (Wildman–Crippen LogP) is 2.95. The Kier molecular flexibility index (Phi) is 4.76. The zero-order chi connectivity index (χ0) is 22.5. The quantitative estimate of drug-likeness (QED) is 0.431. The van der Waals surface area contributed by atoms with Gasteiger partial charge in [-0.1, -0.05) is 32.0 Å². The molecule has 2 amide bonds. The fourth-order valence-corrected chi connectivity index (χ4v) is 4.16. The van der Waals surface area contributed by atoms with E-state index in [2.05, 4.69) is 0 Å². The van der Waals surface area contributed by atoms with Gasteiger partial charge in [-0.15, -0.1) is 0 Å². The van der Waals surface area contributed by atoms with Gasteiger partial charge in [0.25, 0.3) is 11.8 Å². The number of amides is 2. The molecule has 2 aliphatic rings. The van der Waals surface area contributed by atoms with Crippen LogP contribution in [0.25, 0.3) is 0 Å². The lowest BCUT2D eigenvalue weighted by molar-refractivity contribution is -0.117. The van der Waals surface area contributed by atoms with Gasteiger partial charge in [-0.3, -0.25) is 19.3 Å². The molecule has 0 spiro atoms. The predicted molar refractivity (Wildman–Crippen MR) is 114 cm³/mol. The summed E-state index contributed by atoms with van der Waals surface area (Å²) >= 11 is 0. The van der Waals surface area contributed by atoms with E-state index >= 15 is 0 Å². The van der Waals surface area contributed by atoms with E-state index in [0.29, 0.717) is 0 Å². The number of carbonyl (C=O) groups is 4. The molecule has 0 saturated carbocycles. The van der Waals surface area contributed by atoms with Gasteiger partial charge in [-0.25, -0.2) is 4.79 Å². The molecule has 0 unspecified atom stereocenters. The molecule has 0 atom stereocenters. The first-order valence-corrected chi connectivity index (χ1v) is 9.84. The highest BCUT2D eigenvalue weighted by molar-refractivity contribution is 6.21. The molecule has 158 valence electrons. The molecule has 0 fully saturated rings. The minimum absolute atomic E-state index is 0.112. The Morgan fingerprint density at radius 2 is 1.65 bits per heavy atom. The molecule has 2 aliphatic heterocycles. The first kappa shape index (κ1) is 20.5. The molecule has 2 heterocycles. The van der Waals surface area contributed by atoms with Gasteiger partial charge in [0.2, 0.25) is 0 Å². The summed E-state index contributed by atoms with van der Waals surface area (Å²) in [6, 6.07) is 12.1. The largest absolute Gasteiger partial charge is 0.454 e. The molecule has 7 nitrogen and oxygen atoms in total. The van der Waals surface area contributed by atoms with Gasteiger partial charge in [0.1, 0.15) is 0 Å². The molecule has 0 saturated heterocycles. The Morgan fingerprint density at radius 1 is 0.968 bits per heavy atom. The highest BCUT2D eigenvalue weighted by Crippen LogP contribution is 2.46. The monoisotopic (exact) mass is 418 g/mol. The van der Waals surface area contributed by atoms with Gasteiger partial charge in [0, 0.05) is 37.0 Å². The molecule has 2 aromatic rings. The number of hydrogen-bond donors (Lipinski definition) is 0. The molecular formula is C24H22N2O5. The maximum atomic E-state index is 12.6. The van der Waals surface area contributed by atoms with E-state index in [1.807, 2.05) is 50.1 Å². The first-order chi connectivity index (χ1) is 14.6. The van der Waals surface area contributed by atoms with Crippen LogP contribution in [0.5, 0.6) is 0 Å². The smallest absolute Gasteiger partial charge is 0.338 e. The Labute approximate surface area is 179 Å². The summed E-state index contributed by atoms with van der Waals surface area (Å²) in [4.78, 5) is 52.0. The molecule has 0 radical (unpaired) electrons. The van der Waals surface area contributed by atoms with Crippen molar-refractivity contribution >= 4 is 29.3 Å². The van der Waals surface area contributed by atoms with Crippen molar-refractivity contribution < 1.29 is 23.9 Å². The average molecular weight is 418 g/mol. The number of fused-ring (bicyclic) bond motifs is 2. The number of para-hydroxylation sites is 1. The van der Waals surface area contributed by atoms with Crippen molar-refractivity contribution in [1.82, 2.24) is 4.90 Å². The second kappa shape index (κ2) is 7.19. The summed E-state index contributed by atoms with van der Waals surface area (Å²) in [6.45, 7) is 3.66. The number of likely N-dealkylation sites (N-methyl/N-ethyl adjacent to an activating group) is 1. The number of imide groups is 1. The van der Waals surface area contributed by atoms with E-state index in [0.717, 1.165) is 21.8 Å². The second-order valence-electron chi connectivity index (χ2n) is 8.20. The van der Waals surface area contributed by atoms with E-state index in [-0.39, 0.29) is 27.9 Å². The van der Waals surface area contributed by atoms with Gasteiger partial charge in [-0.05, 0) is 29.8 Å². The summed E-state index contributed by atoms with van der Waals surface area (Å²) in [5, 5.41) is 0. The molecule has 31 heavy (non-hydrogen) atoms. The number of hydrogen-bond acceptors (Lipinski definition) is 6. The molecule has 7 heteroatoms. The van der Waals surface area contributed by atoms with Crippen LogP contribution >= 0.6 is 0 Å². The highest BCUT2D eigenvalue weighted by atomic mass is 16.5. The fourth-order valence-electron chi connectivity index (χ4n) is 4.16. The molecule has 0 aliphatic carbocycles. The number of nitrogens with zero attached hydrogens (tertiary/aromatic N) is 2. The van der Waals surface area contributed by atoms with Crippen molar-refractivity contribution in [2.75, 3.05) is 25.6 Å². The highest BCUT2D eigenvalue weighted by Gasteiger charge is 2.38. The van der Waals surface area contributed by atoms with E-state index < -0.39 is 24.4 Å².